The summed E-state index contributed by atoms with van der Waals surface area (Å²) >= 11 is 1.68. The Hall–Kier alpha value is -2.25. The molecular formula is C19H25N5OS. The van der Waals surface area contributed by atoms with E-state index in [9.17, 15) is 4.79 Å². The topological polar surface area (TPSA) is 82.7 Å². The second-order valence-electron chi connectivity index (χ2n) is 6.31. The van der Waals surface area contributed by atoms with Crippen molar-refractivity contribution in [2.45, 2.75) is 31.6 Å². The van der Waals surface area contributed by atoms with Crippen molar-refractivity contribution >= 4 is 26.7 Å². The molecular weight excluding hydrogens is 346 g/mol. The highest BCUT2D eigenvalue weighted by atomic mass is 32.1. The third-order valence-electron chi connectivity index (χ3n) is 4.41. The minimum absolute atomic E-state index is 0.0565. The Morgan fingerprint density at radius 2 is 1.88 bits per heavy atom. The number of hydrogen-bond acceptors (Lipinski definition) is 6. The van der Waals surface area contributed by atoms with Crippen LogP contribution in [0.5, 0.6) is 0 Å². The van der Waals surface area contributed by atoms with Crippen LogP contribution in [0.25, 0.3) is 10.2 Å². The maximum absolute atomic E-state index is 11.1. The van der Waals surface area contributed by atoms with Crippen LogP contribution >= 0.6 is 11.3 Å². The number of aromatic nitrogens is 3. The van der Waals surface area contributed by atoms with Crippen molar-refractivity contribution < 1.29 is 0 Å². The van der Waals surface area contributed by atoms with Gasteiger partial charge in [0.25, 0.3) is 5.56 Å². The second kappa shape index (κ2) is 9.45. The molecule has 1 saturated carbocycles. The van der Waals surface area contributed by atoms with E-state index in [0.717, 1.165) is 23.7 Å². The third-order valence-corrected chi connectivity index (χ3v) is 5.47. The molecule has 2 aliphatic rings. The van der Waals surface area contributed by atoms with E-state index in [2.05, 4.69) is 31.7 Å². The van der Waals surface area contributed by atoms with E-state index in [1.165, 1.54) is 30.4 Å². The molecule has 138 valence electrons. The van der Waals surface area contributed by atoms with E-state index in [1.54, 1.807) is 23.7 Å². The minimum atomic E-state index is -0.0565. The average Bonchev–Trinajstić information content (AvgIpc) is 2.98. The summed E-state index contributed by atoms with van der Waals surface area (Å²) < 4.78 is 1.23. The zero-order valence-corrected chi connectivity index (χ0v) is 15.8. The number of H-pyrrole nitrogens is 1. The van der Waals surface area contributed by atoms with Crippen LogP contribution in [0, 0.1) is 0 Å². The van der Waals surface area contributed by atoms with Crippen molar-refractivity contribution in [3.8, 4) is 0 Å². The fourth-order valence-corrected chi connectivity index (χ4v) is 3.18. The number of thiazole rings is 1. The zero-order valence-electron chi connectivity index (χ0n) is 15.0. The summed E-state index contributed by atoms with van der Waals surface area (Å²) in [5.74, 6) is 0.319. The number of nitrogens with zero attached hydrogens (tertiary/aromatic N) is 2. The monoisotopic (exact) mass is 371 g/mol. The summed E-state index contributed by atoms with van der Waals surface area (Å²) in [7, 11) is 1.89. The molecule has 0 bridgehead atoms. The molecule has 1 aliphatic heterocycles. The maximum atomic E-state index is 11.1. The van der Waals surface area contributed by atoms with Gasteiger partial charge in [-0.25, -0.2) is 4.98 Å². The summed E-state index contributed by atoms with van der Waals surface area (Å²) in [6.45, 7) is 1.75. The first-order valence-corrected chi connectivity index (χ1v) is 9.87. The van der Waals surface area contributed by atoms with Gasteiger partial charge in [0, 0.05) is 38.4 Å². The highest BCUT2D eigenvalue weighted by Gasteiger charge is 2.22. The van der Waals surface area contributed by atoms with Crippen molar-refractivity contribution in [2.75, 3.05) is 25.5 Å². The molecule has 0 atom stereocenters. The Morgan fingerprint density at radius 3 is 2.42 bits per heavy atom. The Kier molecular flexibility index (Phi) is 6.74. The van der Waals surface area contributed by atoms with E-state index in [-0.39, 0.29) is 5.56 Å². The Labute approximate surface area is 157 Å². The Bertz CT molecular complexity index is 830. The number of nitrogens with one attached hydrogen (secondary N) is 3. The molecule has 3 aromatic rings. The van der Waals surface area contributed by atoms with Gasteiger partial charge >= 0.3 is 0 Å². The predicted octanol–water partition coefficient (Wildman–Crippen LogP) is 3.36. The largest absolute Gasteiger partial charge is 0.365 e. The van der Waals surface area contributed by atoms with Crippen molar-refractivity contribution in [1.82, 2.24) is 20.3 Å². The lowest BCUT2D eigenvalue weighted by Gasteiger charge is -2.25. The predicted molar refractivity (Wildman–Crippen MR) is 108 cm³/mol. The summed E-state index contributed by atoms with van der Waals surface area (Å²) in [5, 5.41) is 7.10. The van der Waals surface area contributed by atoms with Gasteiger partial charge < -0.3 is 15.6 Å². The summed E-state index contributed by atoms with van der Waals surface area (Å²) in [6.07, 6.45) is 9.17. The van der Waals surface area contributed by atoms with Gasteiger partial charge in [0.15, 0.2) is 5.13 Å². The van der Waals surface area contributed by atoms with Gasteiger partial charge in [0.1, 0.15) is 5.69 Å². The van der Waals surface area contributed by atoms with E-state index < -0.39 is 0 Å². The molecule has 2 fully saturated rings. The van der Waals surface area contributed by atoms with Crippen LogP contribution in [-0.4, -0.2) is 35.1 Å². The van der Waals surface area contributed by atoms with Gasteiger partial charge in [-0.2, -0.15) is 0 Å². The molecule has 0 amide bonds. The zero-order chi connectivity index (χ0) is 18.2. The molecule has 5 rings (SSSR count). The summed E-state index contributed by atoms with van der Waals surface area (Å²) in [5.41, 5.74) is 1.67. The molecule has 0 unspecified atom stereocenters. The summed E-state index contributed by atoms with van der Waals surface area (Å²) in [6, 6.07) is 8.13. The lowest BCUT2D eigenvalue weighted by atomic mass is 10.00. The molecule has 7 heteroatoms. The van der Waals surface area contributed by atoms with Crippen LogP contribution in [0.15, 0.2) is 41.5 Å². The minimum Gasteiger partial charge on any atom is -0.365 e. The number of benzene rings is 1. The van der Waals surface area contributed by atoms with E-state index in [4.69, 9.17) is 0 Å². The number of para-hydroxylation sites is 1. The van der Waals surface area contributed by atoms with Crippen molar-refractivity contribution in [3.63, 3.8) is 0 Å². The van der Waals surface area contributed by atoms with Crippen LogP contribution in [0.4, 0.5) is 5.13 Å². The van der Waals surface area contributed by atoms with Crippen LogP contribution in [0.3, 0.4) is 0 Å². The van der Waals surface area contributed by atoms with Crippen molar-refractivity contribution in [2.24, 2.45) is 0 Å². The maximum Gasteiger partial charge on any atom is 0.270 e. The second-order valence-corrected chi connectivity index (χ2v) is 7.34. The van der Waals surface area contributed by atoms with Crippen LogP contribution in [0.2, 0.25) is 0 Å². The number of aromatic amines is 1. The fourth-order valence-electron chi connectivity index (χ4n) is 2.37. The van der Waals surface area contributed by atoms with E-state index in [1.807, 2.05) is 25.2 Å². The fraction of sp³-hybridized carbons (Fsp3) is 0.421. The SMILES string of the molecule is C1CCC1.CNc1nc2ccccc2s1.O=c1[nH]ccnc1C1CNC1. The number of rotatable bonds is 2. The first-order chi connectivity index (χ1) is 12.8. The Balaban J connectivity index is 0.000000125. The average molecular weight is 372 g/mol. The highest BCUT2D eigenvalue weighted by molar-refractivity contribution is 7.22. The van der Waals surface area contributed by atoms with E-state index in [0.29, 0.717) is 11.6 Å². The standard InChI is InChI=1S/C8H8N2S.C7H9N3O.C4H8/c1-9-8-10-6-4-2-3-5-7(6)11-8;11-7-6(5-3-8-4-5)9-1-2-10-7;1-2-4-3-1/h2-5H,1H3,(H,9,10);1-2,5,8H,3-4H2,(H,10,11);1-4H2. The highest BCUT2D eigenvalue weighted by Crippen LogP contribution is 2.24. The molecule has 26 heavy (non-hydrogen) atoms. The van der Waals surface area contributed by atoms with Crippen LogP contribution < -0.4 is 16.2 Å². The molecule has 1 aromatic carbocycles. The normalized spacial score (nSPS) is 15.6. The molecule has 1 aliphatic carbocycles. The first-order valence-electron chi connectivity index (χ1n) is 9.05. The molecule has 0 radical (unpaired) electrons. The lowest BCUT2D eigenvalue weighted by Crippen LogP contribution is -2.42. The van der Waals surface area contributed by atoms with Gasteiger partial charge in [-0.05, 0) is 12.1 Å². The van der Waals surface area contributed by atoms with Crippen LogP contribution in [0.1, 0.15) is 37.3 Å². The molecule has 1 saturated heterocycles. The van der Waals surface area contributed by atoms with Gasteiger partial charge in [0.05, 0.1) is 10.2 Å². The smallest absolute Gasteiger partial charge is 0.270 e. The molecule has 3 heterocycles. The quantitative estimate of drug-likeness (QED) is 0.643. The van der Waals surface area contributed by atoms with Crippen molar-refractivity contribution in [3.05, 3.63) is 52.7 Å². The number of fused-ring (bicyclic) bond motifs is 1. The summed E-state index contributed by atoms with van der Waals surface area (Å²) in [4.78, 5) is 22.1. The van der Waals surface area contributed by atoms with E-state index >= 15 is 0 Å². The molecule has 6 nitrogen and oxygen atoms in total. The first kappa shape index (κ1) is 18.5. The molecule has 3 N–H and O–H groups in total. The molecule has 2 aromatic heterocycles. The van der Waals surface area contributed by atoms with Crippen molar-refractivity contribution in [1.29, 1.82) is 0 Å². The van der Waals surface area contributed by atoms with Gasteiger partial charge in [-0.1, -0.05) is 49.2 Å². The van der Waals surface area contributed by atoms with Crippen LogP contribution in [-0.2, 0) is 0 Å². The third kappa shape index (κ3) is 4.89. The lowest BCUT2D eigenvalue weighted by molar-refractivity contribution is 0.436. The van der Waals surface area contributed by atoms with Gasteiger partial charge in [-0.3, -0.25) is 9.78 Å². The number of hydrogen-bond donors (Lipinski definition) is 3. The van der Waals surface area contributed by atoms with Gasteiger partial charge in [-0.15, -0.1) is 0 Å². The van der Waals surface area contributed by atoms with Gasteiger partial charge in [0.2, 0.25) is 0 Å². The molecule has 0 spiro atoms. The number of anilines is 1. The Morgan fingerprint density at radius 1 is 1.15 bits per heavy atom.